The number of carbonyl (C=O) groups excluding carboxylic acids is 2. The number of hydrogen-bond donors (Lipinski definition) is 2. The third-order valence-electron chi connectivity index (χ3n) is 2.98. The molecule has 2 N–H and O–H groups in total. The highest BCUT2D eigenvalue weighted by Crippen LogP contribution is 2.11. The molecule has 0 aromatic heterocycles. The molecule has 0 bridgehead atoms. The summed E-state index contributed by atoms with van der Waals surface area (Å²) in [6, 6.07) is 0.353. The van der Waals surface area contributed by atoms with Crippen molar-refractivity contribution in [2.24, 2.45) is 0 Å². The van der Waals surface area contributed by atoms with Gasteiger partial charge in [0.25, 0.3) is 0 Å². The Morgan fingerprint density at radius 2 is 2.06 bits per heavy atom. The minimum atomic E-state index is -0.114. The maximum Gasteiger partial charge on any atom is 0.315 e. The minimum Gasteiger partial charge on any atom is -0.466 e. The molecule has 1 rings (SSSR count). The summed E-state index contributed by atoms with van der Waals surface area (Å²) in [4.78, 5) is 22.1. The zero-order chi connectivity index (χ0) is 12.7. The number of nitrogens with one attached hydrogen (secondary N) is 2. The van der Waals surface area contributed by atoms with Gasteiger partial charge < -0.3 is 15.4 Å². The lowest BCUT2D eigenvalue weighted by atomic mass is 10.0. The van der Waals surface area contributed by atoms with Gasteiger partial charge >= 0.3 is 12.0 Å². The van der Waals surface area contributed by atoms with E-state index < -0.39 is 0 Å². The summed E-state index contributed by atoms with van der Waals surface area (Å²) in [5.41, 5.74) is 0. The fourth-order valence-corrected chi connectivity index (χ4v) is 2.01. The Bertz CT molecular complexity index is 268. The maximum absolute atomic E-state index is 11.1. The second-order valence-electron chi connectivity index (χ2n) is 4.42. The van der Waals surface area contributed by atoms with Crippen molar-refractivity contribution in [2.75, 3.05) is 6.61 Å². The van der Waals surface area contributed by atoms with E-state index in [4.69, 9.17) is 4.74 Å². The van der Waals surface area contributed by atoms with Crippen LogP contribution in [0.25, 0.3) is 0 Å². The van der Waals surface area contributed by atoms with Gasteiger partial charge in [-0.25, -0.2) is 4.79 Å². The molecule has 0 spiro atoms. The normalized spacial score (nSPS) is 23.1. The van der Waals surface area contributed by atoms with Crippen molar-refractivity contribution >= 4 is 12.0 Å². The third kappa shape index (κ3) is 5.06. The lowest BCUT2D eigenvalue weighted by molar-refractivity contribution is -0.143. The molecule has 5 heteroatoms. The van der Waals surface area contributed by atoms with Gasteiger partial charge in [0.05, 0.1) is 12.6 Å². The molecule has 1 aliphatic rings. The summed E-state index contributed by atoms with van der Waals surface area (Å²) in [6.45, 7) is 4.27. The molecule has 0 aromatic rings. The topological polar surface area (TPSA) is 67.4 Å². The van der Waals surface area contributed by atoms with Crippen molar-refractivity contribution in [3.05, 3.63) is 0 Å². The van der Waals surface area contributed by atoms with Crippen LogP contribution in [0, 0.1) is 0 Å². The monoisotopic (exact) mass is 242 g/mol. The van der Waals surface area contributed by atoms with Gasteiger partial charge in [0.1, 0.15) is 0 Å². The first-order valence-electron chi connectivity index (χ1n) is 6.36. The average Bonchev–Trinajstić information content (AvgIpc) is 2.57. The summed E-state index contributed by atoms with van der Waals surface area (Å²) in [5, 5.41) is 5.70. The molecule has 2 atom stereocenters. The molecule has 0 radical (unpaired) electrons. The molecular weight excluding hydrogens is 220 g/mol. The first kappa shape index (κ1) is 13.8. The number of urea groups is 1. The summed E-state index contributed by atoms with van der Waals surface area (Å²) in [6.07, 6.45) is 4.34. The van der Waals surface area contributed by atoms with Crippen LogP contribution in [0.4, 0.5) is 4.79 Å². The first-order chi connectivity index (χ1) is 8.13. The molecule has 2 amide bonds. The van der Waals surface area contributed by atoms with E-state index in [2.05, 4.69) is 10.6 Å². The highest BCUT2D eigenvalue weighted by atomic mass is 16.5. The summed E-state index contributed by atoms with van der Waals surface area (Å²) in [7, 11) is 0. The van der Waals surface area contributed by atoms with Gasteiger partial charge in [-0.3, -0.25) is 4.79 Å². The Kier molecular flexibility index (Phi) is 5.80. The lowest BCUT2D eigenvalue weighted by Gasteiger charge is -2.13. The molecule has 1 aliphatic heterocycles. The molecule has 0 saturated carbocycles. The number of esters is 1. The second kappa shape index (κ2) is 7.14. The van der Waals surface area contributed by atoms with Crippen LogP contribution in [0.1, 0.15) is 46.0 Å². The molecule has 1 fully saturated rings. The zero-order valence-electron chi connectivity index (χ0n) is 10.6. The van der Waals surface area contributed by atoms with E-state index in [1.807, 2.05) is 13.8 Å². The lowest BCUT2D eigenvalue weighted by Crippen LogP contribution is -2.30. The van der Waals surface area contributed by atoms with Crippen LogP contribution in [0.2, 0.25) is 0 Å². The van der Waals surface area contributed by atoms with Crippen LogP contribution in [0.3, 0.4) is 0 Å². The maximum atomic E-state index is 11.1. The van der Waals surface area contributed by atoms with Crippen molar-refractivity contribution in [1.82, 2.24) is 10.6 Å². The number of amides is 2. The van der Waals surface area contributed by atoms with Gasteiger partial charge in [0.2, 0.25) is 0 Å². The van der Waals surface area contributed by atoms with Crippen LogP contribution in [-0.4, -0.2) is 30.7 Å². The van der Waals surface area contributed by atoms with Crippen LogP contribution < -0.4 is 10.6 Å². The Balaban J connectivity index is 2.01. The largest absolute Gasteiger partial charge is 0.466 e. The van der Waals surface area contributed by atoms with E-state index in [0.29, 0.717) is 13.0 Å². The Morgan fingerprint density at radius 3 is 2.65 bits per heavy atom. The molecule has 17 heavy (non-hydrogen) atoms. The van der Waals surface area contributed by atoms with E-state index in [1.165, 1.54) is 0 Å². The highest BCUT2D eigenvalue weighted by Gasteiger charge is 2.26. The summed E-state index contributed by atoms with van der Waals surface area (Å²) in [5.74, 6) is -0.114. The second-order valence-corrected chi connectivity index (χ2v) is 4.42. The van der Waals surface area contributed by atoms with Crippen molar-refractivity contribution < 1.29 is 14.3 Å². The molecule has 5 nitrogen and oxygen atoms in total. The average molecular weight is 242 g/mol. The van der Waals surface area contributed by atoms with Crippen LogP contribution in [0.5, 0.6) is 0 Å². The van der Waals surface area contributed by atoms with E-state index in [1.54, 1.807) is 0 Å². The standard InChI is InChI=1S/C12H22N2O3/c1-3-17-11(15)8-6-4-5-7-10-9(2)13-12(16)14-10/h9-10H,3-8H2,1-2H3,(H2,13,14,16). The van der Waals surface area contributed by atoms with Gasteiger partial charge in [0, 0.05) is 12.5 Å². The van der Waals surface area contributed by atoms with Crippen molar-refractivity contribution in [3.63, 3.8) is 0 Å². The quantitative estimate of drug-likeness (QED) is 0.526. The molecule has 0 aliphatic carbocycles. The van der Waals surface area contributed by atoms with E-state index in [9.17, 15) is 9.59 Å². The number of ether oxygens (including phenoxy) is 1. The number of hydrogen-bond acceptors (Lipinski definition) is 3. The SMILES string of the molecule is CCOC(=O)CCCCCC1NC(=O)NC1C. The predicted octanol–water partition coefficient (Wildman–Crippen LogP) is 1.57. The predicted molar refractivity (Wildman–Crippen MR) is 64.6 cm³/mol. The molecular formula is C12H22N2O3. The van der Waals surface area contributed by atoms with Crippen LogP contribution in [-0.2, 0) is 9.53 Å². The molecule has 0 aromatic carbocycles. The Labute approximate surface area is 102 Å². The first-order valence-corrected chi connectivity index (χ1v) is 6.36. The Hall–Kier alpha value is -1.26. The Morgan fingerprint density at radius 1 is 1.29 bits per heavy atom. The van der Waals surface area contributed by atoms with Crippen molar-refractivity contribution in [2.45, 2.75) is 58.0 Å². The van der Waals surface area contributed by atoms with Gasteiger partial charge in [-0.15, -0.1) is 0 Å². The van der Waals surface area contributed by atoms with Gasteiger partial charge in [-0.1, -0.05) is 12.8 Å². The molecule has 2 unspecified atom stereocenters. The summed E-state index contributed by atoms with van der Waals surface area (Å²) >= 11 is 0. The highest BCUT2D eigenvalue weighted by molar-refractivity contribution is 5.77. The van der Waals surface area contributed by atoms with Gasteiger partial charge in [-0.2, -0.15) is 0 Å². The van der Waals surface area contributed by atoms with E-state index >= 15 is 0 Å². The number of unbranched alkanes of at least 4 members (excludes halogenated alkanes) is 2. The van der Waals surface area contributed by atoms with Crippen LogP contribution >= 0.6 is 0 Å². The van der Waals surface area contributed by atoms with E-state index in [-0.39, 0.29) is 24.1 Å². The van der Waals surface area contributed by atoms with Crippen molar-refractivity contribution in [3.8, 4) is 0 Å². The fourth-order valence-electron chi connectivity index (χ4n) is 2.01. The molecule has 1 saturated heterocycles. The molecule has 98 valence electrons. The number of carbonyl (C=O) groups is 2. The summed E-state index contributed by atoms with van der Waals surface area (Å²) < 4.78 is 4.85. The third-order valence-corrected chi connectivity index (χ3v) is 2.98. The smallest absolute Gasteiger partial charge is 0.315 e. The number of rotatable bonds is 7. The van der Waals surface area contributed by atoms with Crippen molar-refractivity contribution in [1.29, 1.82) is 0 Å². The zero-order valence-corrected chi connectivity index (χ0v) is 10.6. The van der Waals surface area contributed by atoms with Crippen LogP contribution in [0.15, 0.2) is 0 Å². The minimum absolute atomic E-state index is 0.0750. The van der Waals surface area contributed by atoms with Gasteiger partial charge in [0.15, 0.2) is 0 Å². The van der Waals surface area contributed by atoms with Gasteiger partial charge in [-0.05, 0) is 26.7 Å². The van der Waals surface area contributed by atoms with E-state index in [0.717, 1.165) is 25.7 Å². The molecule has 1 heterocycles. The fraction of sp³-hybridized carbons (Fsp3) is 0.833.